The molecule has 0 unspecified atom stereocenters. The second-order valence-corrected chi connectivity index (χ2v) is 7.00. The van der Waals surface area contributed by atoms with Crippen LogP contribution >= 0.6 is 15.9 Å². The zero-order chi connectivity index (χ0) is 18.1. The van der Waals surface area contributed by atoms with Gasteiger partial charge in [-0.05, 0) is 31.2 Å². The summed E-state index contributed by atoms with van der Waals surface area (Å²) in [6.45, 7) is 4.88. The van der Waals surface area contributed by atoms with E-state index in [1.165, 1.54) is 4.68 Å². The molecule has 0 amide bonds. The van der Waals surface area contributed by atoms with Gasteiger partial charge in [-0.15, -0.1) is 0 Å². The lowest BCUT2D eigenvalue weighted by Crippen LogP contribution is -2.37. The number of ether oxygens (including phenoxy) is 1. The molecule has 1 fully saturated rings. The number of hydrogen-bond donors (Lipinski definition) is 1. The first-order valence-corrected chi connectivity index (χ1v) is 9.16. The Labute approximate surface area is 158 Å². The zero-order valence-electron chi connectivity index (χ0n) is 14.3. The minimum absolute atomic E-state index is 0.126. The van der Waals surface area contributed by atoms with Gasteiger partial charge >= 0.3 is 0 Å². The van der Waals surface area contributed by atoms with Crippen molar-refractivity contribution in [1.29, 1.82) is 0 Å². The van der Waals surface area contributed by atoms with Gasteiger partial charge in [0.05, 0.1) is 30.3 Å². The van der Waals surface area contributed by atoms with Crippen LogP contribution in [-0.2, 0) is 4.74 Å². The van der Waals surface area contributed by atoms with Gasteiger partial charge in [0.25, 0.3) is 5.56 Å². The van der Waals surface area contributed by atoms with Crippen molar-refractivity contribution in [2.75, 3.05) is 31.2 Å². The highest BCUT2D eigenvalue weighted by Gasteiger charge is 2.16. The Morgan fingerprint density at radius 3 is 2.62 bits per heavy atom. The number of nitrogens with zero attached hydrogens (tertiary/aromatic N) is 4. The number of benzene rings is 1. The summed E-state index contributed by atoms with van der Waals surface area (Å²) in [7, 11) is 0. The lowest BCUT2D eigenvalue weighted by molar-refractivity contribution is 0.122. The summed E-state index contributed by atoms with van der Waals surface area (Å²) in [4.78, 5) is 23.6. The Bertz CT molecular complexity index is 974. The maximum Gasteiger partial charge on any atom is 0.271 e. The highest BCUT2D eigenvalue weighted by Crippen LogP contribution is 2.22. The van der Waals surface area contributed by atoms with Crippen molar-refractivity contribution in [3.05, 3.63) is 57.0 Å². The molecule has 0 saturated carbocycles. The van der Waals surface area contributed by atoms with Gasteiger partial charge in [-0.25, -0.2) is 14.6 Å². The Morgan fingerprint density at radius 2 is 1.92 bits per heavy atom. The first-order valence-electron chi connectivity index (χ1n) is 8.36. The quantitative estimate of drug-likeness (QED) is 0.710. The molecule has 1 aliphatic rings. The van der Waals surface area contributed by atoms with Crippen molar-refractivity contribution in [1.82, 2.24) is 19.7 Å². The molecule has 1 N–H and O–H groups in total. The monoisotopic (exact) mass is 415 g/mol. The molecule has 8 heteroatoms. The van der Waals surface area contributed by atoms with Crippen LogP contribution in [-0.4, -0.2) is 46.1 Å². The fourth-order valence-corrected chi connectivity index (χ4v) is 3.22. The Kier molecular flexibility index (Phi) is 4.60. The molecule has 0 atom stereocenters. The Hall–Kier alpha value is -2.45. The van der Waals surface area contributed by atoms with Crippen LogP contribution < -0.4 is 10.5 Å². The average Bonchev–Trinajstić information content (AvgIpc) is 3.04. The van der Waals surface area contributed by atoms with Crippen molar-refractivity contribution in [2.24, 2.45) is 0 Å². The van der Waals surface area contributed by atoms with Crippen LogP contribution in [0.1, 0.15) is 5.69 Å². The van der Waals surface area contributed by atoms with E-state index in [0.717, 1.165) is 34.5 Å². The molecule has 1 aliphatic heterocycles. The SMILES string of the molecule is Cc1nc(N2CCOCC2)ncc1-c1cc(=O)n(-c2ccc(Br)cc2)[nH]1. The van der Waals surface area contributed by atoms with E-state index in [4.69, 9.17) is 4.74 Å². The largest absolute Gasteiger partial charge is 0.378 e. The smallest absolute Gasteiger partial charge is 0.271 e. The van der Waals surface area contributed by atoms with E-state index < -0.39 is 0 Å². The molecule has 134 valence electrons. The molecule has 3 heterocycles. The summed E-state index contributed by atoms with van der Waals surface area (Å²) in [6, 6.07) is 9.11. The average molecular weight is 416 g/mol. The summed E-state index contributed by atoms with van der Waals surface area (Å²) in [6.07, 6.45) is 1.77. The number of aryl methyl sites for hydroxylation is 1. The van der Waals surface area contributed by atoms with Gasteiger partial charge in [-0.3, -0.25) is 9.89 Å². The molecular formula is C18H18BrN5O2. The Balaban J connectivity index is 1.66. The minimum atomic E-state index is -0.126. The van der Waals surface area contributed by atoms with Crippen molar-refractivity contribution < 1.29 is 4.74 Å². The number of anilines is 1. The third-order valence-corrected chi connectivity index (χ3v) is 4.88. The summed E-state index contributed by atoms with van der Waals surface area (Å²) in [5.74, 6) is 0.698. The van der Waals surface area contributed by atoms with E-state index in [1.807, 2.05) is 31.2 Å². The second kappa shape index (κ2) is 7.05. The van der Waals surface area contributed by atoms with Crippen molar-refractivity contribution in [2.45, 2.75) is 6.92 Å². The van der Waals surface area contributed by atoms with E-state index in [0.29, 0.717) is 24.9 Å². The Morgan fingerprint density at radius 1 is 1.19 bits per heavy atom. The lowest BCUT2D eigenvalue weighted by Gasteiger charge is -2.27. The molecule has 1 aromatic carbocycles. The molecule has 0 radical (unpaired) electrons. The van der Waals surface area contributed by atoms with Gasteiger partial charge in [-0.1, -0.05) is 15.9 Å². The van der Waals surface area contributed by atoms with Gasteiger partial charge in [0.2, 0.25) is 5.95 Å². The minimum Gasteiger partial charge on any atom is -0.378 e. The summed E-state index contributed by atoms with van der Waals surface area (Å²) in [5, 5.41) is 3.15. The van der Waals surface area contributed by atoms with E-state index in [2.05, 4.69) is 35.9 Å². The molecular weight excluding hydrogens is 398 g/mol. The highest BCUT2D eigenvalue weighted by atomic mass is 79.9. The van der Waals surface area contributed by atoms with E-state index in [9.17, 15) is 4.79 Å². The summed E-state index contributed by atoms with van der Waals surface area (Å²) >= 11 is 3.40. The number of rotatable bonds is 3. The maximum atomic E-state index is 12.4. The number of H-pyrrole nitrogens is 1. The zero-order valence-corrected chi connectivity index (χ0v) is 15.9. The van der Waals surface area contributed by atoms with Gasteiger partial charge < -0.3 is 9.64 Å². The maximum absolute atomic E-state index is 12.4. The molecule has 7 nitrogen and oxygen atoms in total. The van der Waals surface area contributed by atoms with E-state index in [1.54, 1.807) is 12.3 Å². The summed E-state index contributed by atoms with van der Waals surface area (Å²) < 4.78 is 7.84. The molecule has 0 bridgehead atoms. The molecule has 3 aromatic rings. The molecule has 4 rings (SSSR count). The van der Waals surface area contributed by atoms with Crippen molar-refractivity contribution >= 4 is 21.9 Å². The van der Waals surface area contributed by atoms with E-state index >= 15 is 0 Å². The molecule has 26 heavy (non-hydrogen) atoms. The van der Waals surface area contributed by atoms with Gasteiger partial charge in [0.1, 0.15) is 0 Å². The number of halogens is 1. The molecule has 2 aromatic heterocycles. The topological polar surface area (TPSA) is 76.0 Å². The van der Waals surface area contributed by atoms with Gasteiger partial charge in [0, 0.05) is 35.4 Å². The predicted molar refractivity (Wildman–Crippen MR) is 103 cm³/mol. The lowest BCUT2D eigenvalue weighted by atomic mass is 10.2. The third kappa shape index (κ3) is 3.30. The fourth-order valence-electron chi connectivity index (χ4n) is 2.95. The van der Waals surface area contributed by atoms with Crippen LogP contribution in [0, 0.1) is 6.92 Å². The number of morpholine rings is 1. The van der Waals surface area contributed by atoms with Crippen LogP contribution in [0.15, 0.2) is 45.8 Å². The van der Waals surface area contributed by atoms with Gasteiger partial charge in [-0.2, -0.15) is 0 Å². The normalized spacial score (nSPS) is 14.6. The summed E-state index contributed by atoms with van der Waals surface area (Å²) in [5.41, 5.74) is 2.98. The predicted octanol–water partition coefficient (Wildman–Crippen LogP) is 2.53. The second-order valence-electron chi connectivity index (χ2n) is 6.09. The number of nitrogens with one attached hydrogen (secondary N) is 1. The van der Waals surface area contributed by atoms with Crippen molar-refractivity contribution in [3.8, 4) is 16.9 Å². The number of aromatic amines is 1. The molecule has 0 spiro atoms. The molecule has 0 aliphatic carbocycles. The van der Waals surface area contributed by atoms with Crippen LogP contribution in [0.25, 0.3) is 16.9 Å². The van der Waals surface area contributed by atoms with E-state index in [-0.39, 0.29) is 5.56 Å². The first-order chi connectivity index (χ1) is 12.6. The van der Waals surface area contributed by atoms with Crippen LogP contribution in [0.5, 0.6) is 0 Å². The van der Waals surface area contributed by atoms with Crippen LogP contribution in [0.3, 0.4) is 0 Å². The third-order valence-electron chi connectivity index (χ3n) is 4.36. The van der Waals surface area contributed by atoms with Crippen LogP contribution in [0.4, 0.5) is 5.95 Å². The number of aromatic nitrogens is 4. The van der Waals surface area contributed by atoms with Crippen molar-refractivity contribution in [3.63, 3.8) is 0 Å². The van der Waals surface area contributed by atoms with Gasteiger partial charge in [0.15, 0.2) is 0 Å². The standard InChI is InChI=1S/C18H18BrN5O2/c1-12-15(11-20-18(21-12)23-6-8-26-9-7-23)16-10-17(25)24(22-16)14-4-2-13(19)3-5-14/h2-5,10-11,22H,6-9H2,1H3. The molecule has 1 saturated heterocycles. The first kappa shape index (κ1) is 17.0. The highest BCUT2D eigenvalue weighted by molar-refractivity contribution is 9.10. The van der Waals surface area contributed by atoms with Crippen LogP contribution in [0.2, 0.25) is 0 Å². The number of hydrogen-bond acceptors (Lipinski definition) is 5. The fraction of sp³-hybridized carbons (Fsp3) is 0.278.